The Labute approximate surface area is 115 Å². The van der Waals surface area contributed by atoms with E-state index in [9.17, 15) is 13.6 Å². The second-order valence-electron chi connectivity index (χ2n) is 4.50. The van der Waals surface area contributed by atoms with Crippen molar-refractivity contribution in [3.05, 3.63) is 59.7 Å². The molecule has 2 rings (SSSR count). The molecule has 1 N–H and O–H groups in total. The summed E-state index contributed by atoms with van der Waals surface area (Å²) in [5.41, 5.74) is 1.09. The lowest BCUT2D eigenvalue weighted by Gasteiger charge is -2.14. The smallest absolute Gasteiger partial charge is 0.258 e. The van der Waals surface area contributed by atoms with Crippen LogP contribution >= 0.6 is 0 Å². The molecule has 0 aromatic heterocycles. The molecule has 3 nitrogen and oxygen atoms in total. The summed E-state index contributed by atoms with van der Waals surface area (Å²) >= 11 is 0. The lowest BCUT2D eigenvalue weighted by atomic mass is 10.2. The third kappa shape index (κ3) is 2.93. The van der Waals surface area contributed by atoms with Gasteiger partial charge in [0.15, 0.2) is 11.6 Å². The van der Waals surface area contributed by atoms with Crippen molar-refractivity contribution in [1.82, 2.24) is 0 Å². The molecule has 0 atom stereocenters. The highest BCUT2D eigenvalue weighted by molar-refractivity contribution is 6.04. The molecule has 2 aromatic carbocycles. The maximum atomic E-state index is 13.5. The highest BCUT2D eigenvalue weighted by atomic mass is 19.2. The van der Waals surface area contributed by atoms with E-state index in [1.54, 1.807) is 18.2 Å². The molecule has 0 saturated carbocycles. The Kier molecular flexibility index (Phi) is 3.98. The van der Waals surface area contributed by atoms with Crippen LogP contribution in [0.25, 0.3) is 0 Å². The van der Waals surface area contributed by atoms with Gasteiger partial charge in [0.25, 0.3) is 5.91 Å². The molecule has 2 aromatic rings. The van der Waals surface area contributed by atoms with Crippen molar-refractivity contribution in [3.63, 3.8) is 0 Å². The summed E-state index contributed by atoms with van der Waals surface area (Å²) in [7, 11) is 3.74. The van der Waals surface area contributed by atoms with Crippen LogP contribution in [0.1, 0.15) is 10.4 Å². The lowest BCUT2D eigenvalue weighted by Crippen LogP contribution is -2.15. The number of hydrogen-bond acceptors (Lipinski definition) is 2. The first-order valence-corrected chi connectivity index (χ1v) is 6.02. The minimum Gasteiger partial charge on any atom is -0.378 e. The van der Waals surface area contributed by atoms with E-state index in [-0.39, 0.29) is 5.56 Å². The van der Waals surface area contributed by atoms with Gasteiger partial charge >= 0.3 is 0 Å². The van der Waals surface area contributed by atoms with E-state index < -0.39 is 17.5 Å². The first-order valence-electron chi connectivity index (χ1n) is 6.02. The number of carbonyl (C=O) groups is 1. The van der Waals surface area contributed by atoms with Crippen LogP contribution in [0.15, 0.2) is 42.5 Å². The standard InChI is InChI=1S/C15H14F2N2O/c1-19(2)11-6-3-5-10(9-11)18-15(20)12-7-4-8-13(16)14(12)17/h3-9H,1-2H3,(H,18,20). The molecule has 0 unspecified atom stereocenters. The van der Waals surface area contributed by atoms with Gasteiger partial charge in [-0.1, -0.05) is 12.1 Å². The van der Waals surface area contributed by atoms with Crippen molar-refractivity contribution in [2.45, 2.75) is 0 Å². The fourth-order valence-electron chi connectivity index (χ4n) is 1.74. The zero-order valence-electron chi connectivity index (χ0n) is 11.2. The van der Waals surface area contributed by atoms with Gasteiger partial charge in [0.2, 0.25) is 0 Å². The molecule has 0 fully saturated rings. The molecular formula is C15H14F2N2O. The third-order valence-corrected chi connectivity index (χ3v) is 2.82. The molecule has 0 aliphatic carbocycles. The van der Waals surface area contributed by atoms with Crippen LogP contribution in [0.2, 0.25) is 0 Å². The number of nitrogens with zero attached hydrogens (tertiary/aromatic N) is 1. The molecule has 0 heterocycles. The summed E-state index contributed by atoms with van der Waals surface area (Å²) in [6.45, 7) is 0. The first-order chi connectivity index (χ1) is 9.49. The van der Waals surface area contributed by atoms with E-state index in [2.05, 4.69) is 5.32 Å². The van der Waals surface area contributed by atoms with Gasteiger partial charge in [-0.25, -0.2) is 8.78 Å². The Bertz CT molecular complexity index is 642. The number of rotatable bonds is 3. The molecule has 0 spiro atoms. The third-order valence-electron chi connectivity index (χ3n) is 2.82. The highest BCUT2D eigenvalue weighted by Crippen LogP contribution is 2.19. The van der Waals surface area contributed by atoms with Crippen LogP contribution in [-0.2, 0) is 0 Å². The molecular weight excluding hydrogens is 262 g/mol. The number of halogens is 2. The monoisotopic (exact) mass is 276 g/mol. The van der Waals surface area contributed by atoms with Gasteiger partial charge < -0.3 is 10.2 Å². The number of benzene rings is 2. The predicted molar refractivity (Wildman–Crippen MR) is 75.1 cm³/mol. The zero-order chi connectivity index (χ0) is 14.7. The fourth-order valence-corrected chi connectivity index (χ4v) is 1.74. The van der Waals surface area contributed by atoms with Gasteiger partial charge in [-0.2, -0.15) is 0 Å². The van der Waals surface area contributed by atoms with Crippen LogP contribution in [0.3, 0.4) is 0 Å². The molecule has 0 aliphatic rings. The average Bonchev–Trinajstić information content (AvgIpc) is 2.42. The van der Waals surface area contributed by atoms with E-state index in [0.717, 1.165) is 11.8 Å². The maximum Gasteiger partial charge on any atom is 0.258 e. The van der Waals surface area contributed by atoms with Gasteiger partial charge in [0.1, 0.15) is 0 Å². The average molecular weight is 276 g/mol. The zero-order valence-corrected chi connectivity index (χ0v) is 11.2. The Hall–Kier alpha value is -2.43. The Morgan fingerprint density at radius 1 is 1.10 bits per heavy atom. The van der Waals surface area contributed by atoms with Crippen LogP contribution in [-0.4, -0.2) is 20.0 Å². The Morgan fingerprint density at radius 3 is 2.50 bits per heavy atom. The molecule has 20 heavy (non-hydrogen) atoms. The van der Waals surface area contributed by atoms with Gasteiger partial charge in [0.05, 0.1) is 5.56 Å². The number of hydrogen-bond donors (Lipinski definition) is 1. The first kappa shape index (κ1) is 14.0. The normalized spacial score (nSPS) is 10.2. The number of carbonyl (C=O) groups excluding carboxylic acids is 1. The quantitative estimate of drug-likeness (QED) is 0.933. The van der Waals surface area contributed by atoms with Crippen molar-refractivity contribution in [1.29, 1.82) is 0 Å². The molecule has 0 bridgehead atoms. The summed E-state index contributed by atoms with van der Waals surface area (Å²) in [6.07, 6.45) is 0. The predicted octanol–water partition coefficient (Wildman–Crippen LogP) is 3.28. The van der Waals surface area contributed by atoms with E-state index in [0.29, 0.717) is 5.69 Å². The summed E-state index contributed by atoms with van der Waals surface area (Å²) in [5.74, 6) is -2.87. The van der Waals surface area contributed by atoms with E-state index in [4.69, 9.17) is 0 Å². The van der Waals surface area contributed by atoms with Crippen LogP contribution < -0.4 is 10.2 Å². The largest absolute Gasteiger partial charge is 0.378 e. The Balaban J connectivity index is 2.24. The lowest BCUT2D eigenvalue weighted by molar-refractivity contribution is 0.102. The van der Waals surface area contributed by atoms with Crippen molar-refractivity contribution >= 4 is 17.3 Å². The maximum absolute atomic E-state index is 13.5. The molecule has 5 heteroatoms. The minimum absolute atomic E-state index is 0.319. The molecule has 0 radical (unpaired) electrons. The molecule has 0 saturated heterocycles. The highest BCUT2D eigenvalue weighted by Gasteiger charge is 2.15. The SMILES string of the molecule is CN(C)c1cccc(NC(=O)c2cccc(F)c2F)c1. The van der Waals surface area contributed by atoms with E-state index >= 15 is 0 Å². The van der Waals surface area contributed by atoms with Gasteiger partial charge in [-0.15, -0.1) is 0 Å². The topological polar surface area (TPSA) is 32.3 Å². The summed E-state index contributed by atoms with van der Waals surface area (Å²) in [5, 5.41) is 2.55. The fraction of sp³-hybridized carbons (Fsp3) is 0.133. The number of nitrogens with one attached hydrogen (secondary N) is 1. The van der Waals surface area contributed by atoms with Gasteiger partial charge in [-0.05, 0) is 30.3 Å². The second kappa shape index (κ2) is 5.69. The molecule has 0 aliphatic heterocycles. The van der Waals surface area contributed by atoms with E-state index in [1.165, 1.54) is 12.1 Å². The minimum atomic E-state index is -1.14. The number of amides is 1. The van der Waals surface area contributed by atoms with Gasteiger partial charge in [0, 0.05) is 25.5 Å². The summed E-state index contributed by atoms with van der Waals surface area (Å²) in [6, 6.07) is 10.6. The molecule has 104 valence electrons. The van der Waals surface area contributed by atoms with Crippen molar-refractivity contribution in [2.75, 3.05) is 24.3 Å². The van der Waals surface area contributed by atoms with Crippen molar-refractivity contribution < 1.29 is 13.6 Å². The van der Waals surface area contributed by atoms with E-state index in [1.807, 2.05) is 25.1 Å². The van der Waals surface area contributed by atoms with Crippen molar-refractivity contribution in [2.24, 2.45) is 0 Å². The summed E-state index contributed by atoms with van der Waals surface area (Å²) in [4.78, 5) is 13.8. The summed E-state index contributed by atoms with van der Waals surface area (Å²) < 4.78 is 26.6. The second-order valence-corrected chi connectivity index (χ2v) is 4.50. The van der Waals surface area contributed by atoms with Crippen LogP contribution in [0, 0.1) is 11.6 Å². The number of anilines is 2. The van der Waals surface area contributed by atoms with Crippen LogP contribution in [0.4, 0.5) is 20.2 Å². The van der Waals surface area contributed by atoms with Crippen LogP contribution in [0.5, 0.6) is 0 Å². The van der Waals surface area contributed by atoms with Crippen molar-refractivity contribution in [3.8, 4) is 0 Å². The molecule has 1 amide bonds. The Morgan fingerprint density at radius 2 is 1.80 bits per heavy atom. The van der Waals surface area contributed by atoms with Gasteiger partial charge in [-0.3, -0.25) is 4.79 Å².